The second-order valence-electron chi connectivity index (χ2n) is 6.25. The molecule has 0 unspecified atom stereocenters. The lowest BCUT2D eigenvalue weighted by Crippen LogP contribution is -2.37. The molecule has 0 bridgehead atoms. The summed E-state index contributed by atoms with van der Waals surface area (Å²) in [7, 11) is 5.10. The Hall–Kier alpha value is -2.07. The highest BCUT2D eigenvalue weighted by atomic mass is 127. The first-order chi connectivity index (χ1) is 13.7. The average Bonchev–Trinajstić information content (AvgIpc) is 2.72. The van der Waals surface area contributed by atoms with Crippen LogP contribution in [-0.2, 0) is 17.7 Å². The van der Waals surface area contributed by atoms with Crippen molar-refractivity contribution in [1.29, 1.82) is 0 Å². The maximum atomic E-state index is 5.47. The van der Waals surface area contributed by atoms with E-state index in [1.165, 1.54) is 5.56 Å². The summed E-state index contributed by atoms with van der Waals surface area (Å²) in [5.74, 6) is 2.26. The molecule has 0 spiro atoms. The van der Waals surface area contributed by atoms with Gasteiger partial charge in [-0.1, -0.05) is 18.2 Å². The molecule has 0 aliphatic rings. The smallest absolute Gasteiger partial charge is 0.213 e. The molecule has 1 aromatic carbocycles. The number of nitrogens with zero attached hydrogens (tertiary/aromatic N) is 2. The van der Waals surface area contributed by atoms with E-state index in [4.69, 9.17) is 14.2 Å². The Balaban J connectivity index is 0.00000420. The van der Waals surface area contributed by atoms with Crippen molar-refractivity contribution < 1.29 is 14.2 Å². The number of halogens is 1. The van der Waals surface area contributed by atoms with Gasteiger partial charge in [0.25, 0.3) is 0 Å². The van der Waals surface area contributed by atoms with Gasteiger partial charge in [-0.15, -0.1) is 24.0 Å². The number of ether oxygens (including phenoxy) is 3. The fourth-order valence-corrected chi connectivity index (χ4v) is 2.58. The first-order valence-corrected chi connectivity index (χ1v) is 9.31. The summed E-state index contributed by atoms with van der Waals surface area (Å²) in [6.45, 7) is 4.48. The zero-order chi connectivity index (χ0) is 20.2. The Bertz CT molecular complexity index is 754. The van der Waals surface area contributed by atoms with Crippen molar-refractivity contribution in [2.24, 2.45) is 4.99 Å². The lowest BCUT2D eigenvalue weighted by atomic mass is 10.1. The minimum Gasteiger partial charge on any atom is -0.496 e. The number of aromatic nitrogens is 1. The van der Waals surface area contributed by atoms with Gasteiger partial charge < -0.3 is 24.8 Å². The molecule has 29 heavy (non-hydrogen) atoms. The third-order valence-electron chi connectivity index (χ3n) is 4.20. The van der Waals surface area contributed by atoms with Gasteiger partial charge in [0.15, 0.2) is 5.96 Å². The molecule has 1 aromatic heterocycles. The third kappa shape index (κ3) is 8.86. The van der Waals surface area contributed by atoms with Gasteiger partial charge in [0.05, 0.1) is 13.7 Å². The zero-order valence-electron chi connectivity index (χ0n) is 17.5. The number of aliphatic imine (C=N–C) groups is 1. The second-order valence-corrected chi connectivity index (χ2v) is 6.25. The predicted molar refractivity (Wildman–Crippen MR) is 127 cm³/mol. The minimum atomic E-state index is 0. The molecule has 0 amide bonds. The Morgan fingerprint density at radius 3 is 2.52 bits per heavy atom. The minimum absolute atomic E-state index is 0. The van der Waals surface area contributed by atoms with E-state index < -0.39 is 0 Å². The van der Waals surface area contributed by atoms with E-state index in [9.17, 15) is 0 Å². The van der Waals surface area contributed by atoms with Gasteiger partial charge in [0.2, 0.25) is 5.88 Å². The zero-order valence-corrected chi connectivity index (χ0v) is 19.9. The maximum Gasteiger partial charge on any atom is 0.213 e. The number of hydrogen-bond donors (Lipinski definition) is 2. The van der Waals surface area contributed by atoms with Crippen LogP contribution in [0.1, 0.15) is 16.7 Å². The van der Waals surface area contributed by atoms with E-state index in [0.29, 0.717) is 25.6 Å². The number of hydrogen-bond acceptors (Lipinski definition) is 5. The Morgan fingerprint density at radius 2 is 1.86 bits per heavy atom. The molecule has 0 atom stereocenters. The molecule has 0 fully saturated rings. The van der Waals surface area contributed by atoms with Crippen molar-refractivity contribution >= 4 is 29.9 Å². The predicted octanol–water partition coefficient (Wildman–Crippen LogP) is 2.95. The molecule has 2 rings (SSSR count). The van der Waals surface area contributed by atoms with E-state index in [1.807, 2.05) is 19.1 Å². The number of aryl methyl sites for hydroxylation is 1. The van der Waals surface area contributed by atoms with Crippen molar-refractivity contribution in [2.45, 2.75) is 19.9 Å². The molecule has 0 aliphatic heterocycles. The third-order valence-corrected chi connectivity index (χ3v) is 4.20. The lowest BCUT2D eigenvalue weighted by Gasteiger charge is -2.13. The van der Waals surface area contributed by atoms with E-state index in [2.05, 4.69) is 38.8 Å². The molecular weight excluding hydrogens is 483 g/mol. The van der Waals surface area contributed by atoms with Gasteiger partial charge in [-0.2, -0.15) is 0 Å². The van der Waals surface area contributed by atoms with Gasteiger partial charge in [-0.25, -0.2) is 4.98 Å². The highest BCUT2D eigenvalue weighted by molar-refractivity contribution is 14.0. The normalized spacial score (nSPS) is 10.8. The molecule has 2 N–H and O–H groups in total. The molecule has 0 radical (unpaired) electrons. The van der Waals surface area contributed by atoms with Crippen LogP contribution in [0.5, 0.6) is 11.6 Å². The van der Waals surface area contributed by atoms with Crippen LogP contribution < -0.4 is 20.1 Å². The Labute approximate surface area is 190 Å². The van der Waals surface area contributed by atoms with Crippen molar-refractivity contribution in [2.75, 3.05) is 41.0 Å². The lowest BCUT2D eigenvalue weighted by molar-refractivity contribution is 0.143. The van der Waals surface area contributed by atoms with E-state index in [-0.39, 0.29) is 24.0 Å². The van der Waals surface area contributed by atoms with E-state index in [1.54, 1.807) is 27.5 Å². The van der Waals surface area contributed by atoms with Crippen LogP contribution in [0.3, 0.4) is 0 Å². The van der Waals surface area contributed by atoms with Gasteiger partial charge in [-0.05, 0) is 36.1 Å². The van der Waals surface area contributed by atoms with Gasteiger partial charge >= 0.3 is 0 Å². The summed E-state index contributed by atoms with van der Waals surface area (Å²) in [5, 5.41) is 6.61. The fourth-order valence-electron chi connectivity index (χ4n) is 2.58. The Kier molecular flexibility index (Phi) is 12.1. The number of guanidine groups is 1. The van der Waals surface area contributed by atoms with Crippen molar-refractivity contribution in [3.63, 3.8) is 0 Å². The Morgan fingerprint density at radius 1 is 1.07 bits per heavy atom. The molecule has 0 saturated carbocycles. The fraction of sp³-hybridized carbons (Fsp3) is 0.429. The molecule has 160 valence electrons. The number of benzene rings is 1. The van der Waals surface area contributed by atoms with Crippen molar-refractivity contribution in [3.05, 3.63) is 53.2 Å². The van der Waals surface area contributed by atoms with E-state index in [0.717, 1.165) is 35.8 Å². The van der Waals surface area contributed by atoms with E-state index >= 15 is 0 Å². The maximum absolute atomic E-state index is 5.47. The number of rotatable bonds is 10. The highest BCUT2D eigenvalue weighted by Gasteiger charge is 2.03. The number of methoxy groups -OCH3 is 2. The molecule has 1 heterocycles. The standard InChI is InChI=1S/C21H30N4O3.HI/c1-16-5-6-17(13-19(16)27-4)9-10-23-21(22-2)25-15-18-7-8-20(24-14-18)28-12-11-26-3;/h5-8,13-14H,9-12,15H2,1-4H3,(H2,22,23,25);1H. The molecular formula is C21H31IN4O3. The van der Waals surface area contributed by atoms with Crippen LogP contribution >= 0.6 is 24.0 Å². The second kappa shape index (κ2) is 14.0. The summed E-state index contributed by atoms with van der Waals surface area (Å²) in [6.07, 6.45) is 2.67. The summed E-state index contributed by atoms with van der Waals surface area (Å²) in [6, 6.07) is 10.1. The van der Waals surface area contributed by atoms with Crippen molar-refractivity contribution in [3.8, 4) is 11.6 Å². The summed E-state index contributed by atoms with van der Waals surface area (Å²) >= 11 is 0. The highest BCUT2D eigenvalue weighted by Crippen LogP contribution is 2.19. The quantitative estimate of drug-likeness (QED) is 0.220. The summed E-state index contributed by atoms with van der Waals surface area (Å²) in [4.78, 5) is 8.55. The molecule has 7 nitrogen and oxygen atoms in total. The van der Waals surface area contributed by atoms with Crippen LogP contribution in [0, 0.1) is 6.92 Å². The van der Waals surface area contributed by atoms with Crippen LogP contribution in [0.4, 0.5) is 0 Å². The van der Waals surface area contributed by atoms with Crippen LogP contribution in [0.25, 0.3) is 0 Å². The number of nitrogens with one attached hydrogen (secondary N) is 2. The van der Waals surface area contributed by atoms with Gasteiger partial charge in [-0.3, -0.25) is 4.99 Å². The largest absolute Gasteiger partial charge is 0.496 e. The molecule has 8 heteroatoms. The first kappa shape index (κ1) is 25.0. The molecule has 0 aliphatic carbocycles. The van der Waals surface area contributed by atoms with Crippen LogP contribution in [-0.4, -0.2) is 52.0 Å². The first-order valence-electron chi connectivity index (χ1n) is 9.31. The number of pyridine rings is 1. The SMILES string of the molecule is CN=C(NCCc1ccc(C)c(OC)c1)NCc1ccc(OCCOC)nc1.I. The molecule has 0 saturated heterocycles. The van der Waals surface area contributed by atoms with Crippen LogP contribution in [0.2, 0.25) is 0 Å². The topological polar surface area (TPSA) is 77.0 Å². The average molecular weight is 514 g/mol. The molecule has 2 aromatic rings. The summed E-state index contributed by atoms with van der Waals surface area (Å²) in [5.41, 5.74) is 3.41. The van der Waals surface area contributed by atoms with Gasteiger partial charge in [0, 0.05) is 39.5 Å². The van der Waals surface area contributed by atoms with Crippen LogP contribution in [0.15, 0.2) is 41.5 Å². The van der Waals surface area contributed by atoms with Crippen molar-refractivity contribution in [1.82, 2.24) is 15.6 Å². The summed E-state index contributed by atoms with van der Waals surface area (Å²) < 4.78 is 15.8. The monoisotopic (exact) mass is 514 g/mol. The van der Waals surface area contributed by atoms with Gasteiger partial charge in [0.1, 0.15) is 12.4 Å².